The Morgan fingerprint density at radius 2 is 1.29 bits per heavy atom. The fourth-order valence-electron chi connectivity index (χ4n) is 3.26. The molecule has 1 atom stereocenters. The third kappa shape index (κ3) is 22.7. The Kier molecular flexibility index (Phi) is 21.5. The minimum Gasteiger partial charge on any atom is -0.481 e. The smallest absolute Gasteiger partial charge is 0.307 e. The van der Waals surface area contributed by atoms with Crippen molar-refractivity contribution in [2.24, 2.45) is 0 Å². The molecular weight excluding hydrogens is 388 g/mol. The highest BCUT2D eigenvalue weighted by Gasteiger charge is 2.17. The summed E-state index contributed by atoms with van der Waals surface area (Å²) in [6.45, 7) is 4.36. The minimum absolute atomic E-state index is 0.0945. The monoisotopic (exact) mass is 434 g/mol. The molecule has 1 N–H and O–H groups in total. The van der Waals surface area contributed by atoms with Crippen molar-refractivity contribution < 1.29 is 19.4 Å². The van der Waals surface area contributed by atoms with Crippen LogP contribution in [-0.2, 0) is 14.3 Å². The molecule has 0 aliphatic carbocycles. The maximum Gasteiger partial charge on any atom is 0.307 e. The molecule has 0 rings (SSSR count). The van der Waals surface area contributed by atoms with Crippen molar-refractivity contribution in [2.75, 3.05) is 0 Å². The summed E-state index contributed by atoms with van der Waals surface area (Å²) >= 11 is 0. The lowest BCUT2D eigenvalue weighted by molar-refractivity contribution is -0.153. The van der Waals surface area contributed by atoms with Crippen molar-refractivity contribution in [3.05, 3.63) is 36.5 Å². The van der Waals surface area contributed by atoms with Gasteiger partial charge in [-0.15, -0.1) is 0 Å². The number of aliphatic carboxylic acids is 1. The quantitative estimate of drug-likeness (QED) is 0.113. The third-order valence-corrected chi connectivity index (χ3v) is 5.10. The fraction of sp³-hybridized carbons (Fsp3) is 0.704. The fourth-order valence-corrected chi connectivity index (χ4v) is 3.26. The lowest BCUT2D eigenvalue weighted by atomic mass is 10.1. The van der Waals surface area contributed by atoms with Gasteiger partial charge in [-0.3, -0.25) is 9.59 Å². The van der Waals surface area contributed by atoms with Crippen LogP contribution in [0.2, 0.25) is 0 Å². The molecule has 4 heteroatoms. The van der Waals surface area contributed by atoms with Crippen LogP contribution < -0.4 is 0 Å². The first kappa shape index (κ1) is 29.2. The van der Waals surface area contributed by atoms with Crippen molar-refractivity contribution in [3.63, 3.8) is 0 Å². The molecule has 0 saturated carbocycles. The zero-order valence-electron chi connectivity index (χ0n) is 20.0. The Labute approximate surface area is 190 Å². The predicted octanol–water partition coefficient (Wildman–Crippen LogP) is 7.93. The Morgan fingerprint density at radius 3 is 1.87 bits per heavy atom. The number of hydrogen-bond acceptors (Lipinski definition) is 3. The summed E-state index contributed by atoms with van der Waals surface area (Å²) in [5, 5.41) is 9.01. The maximum absolute atomic E-state index is 12.0. The second-order valence-corrected chi connectivity index (χ2v) is 8.19. The summed E-state index contributed by atoms with van der Waals surface area (Å²) in [5.41, 5.74) is 0. The highest BCUT2D eigenvalue weighted by atomic mass is 16.5. The molecule has 4 nitrogen and oxygen atoms in total. The van der Waals surface area contributed by atoms with Gasteiger partial charge in [0.05, 0.1) is 6.42 Å². The van der Waals surface area contributed by atoms with E-state index < -0.39 is 12.1 Å². The normalized spacial score (nSPS) is 12.8. The standard InChI is InChI=1S/C27H46O4/c1-3-5-7-9-10-11-12-13-14-15-16-17-18-19-21-23-27(30)31-25(24-26(28)29)22-20-8-6-4-2/h10-11,13-14,16-17,25H,3-9,12,15,18-24H2,1-2H3,(H,28,29)/b11-10-,14-13-,17-16-. The van der Waals surface area contributed by atoms with E-state index in [4.69, 9.17) is 9.84 Å². The highest BCUT2D eigenvalue weighted by Crippen LogP contribution is 2.13. The van der Waals surface area contributed by atoms with E-state index in [0.29, 0.717) is 12.8 Å². The Bertz CT molecular complexity index is 519. The molecule has 0 aromatic carbocycles. The number of carbonyl (C=O) groups is 2. The maximum atomic E-state index is 12.0. The second-order valence-electron chi connectivity index (χ2n) is 8.19. The molecule has 0 radical (unpaired) electrons. The number of carbonyl (C=O) groups excluding carboxylic acids is 1. The van der Waals surface area contributed by atoms with Crippen LogP contribution in [0.5, 0.6) is 0 Å². The largest absolute Gasteiger partial charge is 0.481 e. The van der Waals surface area contributed by atoms with Crippen LogP contribution in [-0.4, -0.2) is 23.1 Å². The molecule has 0 aromatic rings. The molecule has 0 heterocycles. The SMILES string of the molecule is CCCCC/C=C\C/C=C\C/C=C\CCCCC(=O)OC(CCCCCC)CC(=O)O. The van der Waals surface area contributed by atoms with E-state index in [9.17, 15) is 9.59 Å². The number of unbranched alkanes of at least 4 members (excludes halogenated alkanes) is 8. The molecule has 0 aliphatic heterocycles. The highest BCUT2D eigenvalue weighted by molar-refractivity contribution is 5.71. The molecule has 0 spiro atoms. The molecule has 1 unspecified atom stereocenters. The average molecular weight is 435 g/mol. The van der Waals surface area contributed by atoms with E-state index in [-0.39, 0.29) is 12.4 Å². The van der Waals surface area contributed by atoms with E-state index in [2.05, 4.69) is 50.3 Å². The number of carboxylic acids is 1. The van der Waals surface area contributed by atoms with E-state index in [1.54, 1.807) is 0 Å². The van der Waals surface area contributed by atoms with Crippen molar-refractivity contribution in [2.45, 2.75) is 123 Å². The minimum atomic E-state index is -0.907. The van der Waals surface area contributed by atoms with Gasteiger partial charge in [0.25, 0.3) is 0 Å². The van der Waals surface area contributed by atoms with Crippen molar-refractivity contribution in [3.8, 4) is 0 Å². The van der Waals surface area contributed by atoms with Crippen LogP contribution in [0.15, 0.2) is 36.5 Å². The van der Waals surface area contributed by atoms with Gasteiger partial charge in [0.2, 0.25) is 0 Å². The molecule has 0 bridgehead atoms. The summed E-state index contributed by atoms with van der Waals surface area (Å²) in [5.74, 6) is -1.17. The molecule has 31 heavy (non-hydrogen) atoms. The van der Waals surface area contributed by atoms with Crippen molar-refractivity contribution in [1.82, 2.24) is 0 Å². The number of esters is 1. The van der Waals surface area contributed by atoms with Crippen LogP contribution in [0, 0.1) is 0 Å². The predicted molar refractivity (Wildman–Crippen MR) is 130 cm³/mol. The van der Waals surface area contributed by atoms with E-state index in [1.807, 2.05) is 0 Å². The molecule has 0 aliphatic rings. The molecule has 178 valence electrons. The van der Waals surface area contributed by atoms with Gasteiger partial charge < -0.3 is 9.84 Å². The molecule has 0 aromatic heterocycles. The Morgan fingerprint density at radius 1 is 0.742 bits per heavy atom. The van der Waals surface area contributed by atoms with Gasteiger partial charge in [0.1, 0.15) is 6.10 Å². The van der Waals surface area contributed by atoms with Crippen LogP contribution in [0.4, 0.5) is 0 Å². The first-order chi connectivity index (χ1) is 15.1. The number of ether oxygens (including phenoxy) is 1. The van der Waals surface area contributed by atoms with Gasteiger partial charge in [0, 0.05) is 6.42 Å². The number of rotatable bonds is 21. The van der Waals surface area contributed by atoms with Gasteiger partial charge in [-0.1, -0.05) is 82.4 Å². The van der Waals surface area contributed by atoms with Crippen molar-refractivity contribution >= 4 is 11.9 Å². The third-order valence-electron chi connectivity index (χ3n) is 5.10. The zero-order valence-corrected chi connectivity index (χ0v) is 20.0. The summed E-state index contributed by atoms with van der Waals surface area (Å²) < 4.78 is 5.41. The Balaban J connectivity index is 3.79. The summed E-state index contributed by atoms with van der Waals surface area (Å²) in [6, 6.07) is 0. The number of hydrogen-bond donors (Lipinski definition) is 1. The molecule has 0 amide bonds. The lowest BCUT2D eigenvalue weighted by Gasteiger charge is -2.16. The second kappa shape index (κ2) is 22.8. The molecule has 0 saturated heterocycles. The molecule has 0 fully saturated rings. The van der Waals surface area contributed by atoms with E-state index in [1.165, 1.54) is 25.7 Å². The van der Waals surface area contributed by atoms with Crippen LogP contribution >= 0.6 is 0 Å². The van der Waals surface area contributed by atoms with Crippen molar-refractivity contribution in [1.29, 1.82) is 0 Å². The van der Waals surface area contributed by atoms with Crippen LogP contribution in [0.3, 0.4) is 0 Å². The Hall–Kier alpha value is -1.84. The van der Waals surface area contributed by atoms with Gasteiger partial charge in [-0.25, -0.2) is 0 Å². The van der Waals surface area contributed by atoms with Crippen LogP contribution in [0.25, 0.3) is 0 Å². The number of carboxylic acid groups (broad SMARTS) is 1. The summed E-state index contributed by atoms with van der Waals surface area (Å²) in [6.07, 6.45) is 27.6. The zero-order chi connectivity index (χ0) is 23.0. The summed E-state index contributed by atoms with van der Waals surface area (Å²) in [4.78, 5) is 23.0. The first-order valence-corrected chi connectivity index (χ1v) is 12.5. The summed E-state index contributed by atoms with van der Waals surface area (Å²) in [7, 11) is 0. The van der Waals surface area contributed by atoms with Gasteiger partial charge in [-0.05, 0) is 57.8 Å². The topological polar surface area (TPSA) is 63.6 Å². The molecular formula is C27H46O4. The van der Waals surface area contributed by atoms with E-state index in [0.717, 1.165) is 57.8 Å². The lowest BCUT2D eigenvalue weighted by Crippen LogP contribution is -2.21. The van der Waals surface area contributed by atoms with Crippen LogP contribution in [0.1, 0.15) is 117 Å². The number of allylic oxidation sites excluding steroid dienone is 6. The van der Waals surface area contributed by atoms with E-state index >= 15 is 0 Å². The van der Waals surface area contributed by atoms with Gasteiger partial charge in [0.15, 0.2) is 0 Å². The average Bonchev–Trinajstić information content (AvgIpc) is 2.73. The van der Waals surface area contributed by atoms with Gasteiger partial charge >= 0.3 is 11.9 Å². The van der Waals surface area contributed by atoms with Gasteiger partial charge in [-0.2, -0.15) is 0 Å². The first-order valence-electron chi connectivity index (χ1n) is 12.5.